The van der Waals surface area contributed by atoms with Crippen LogP contribution in [0.4, 0.5) is 0 Å². The Bertz CT molecular complexity index is 442. The van der Waals surface area contributed by atoms with Crippen LogP contribution in [0.3, 0.4) is 0 Å². The molecule has 3 N–H and O–H groups in total. The highest BCUT2D eigenvalue weighted by Crippen LogP contribution is 2.41. The van der Waals surface area contributed by atoms with Crippen LogP contribution in [0.1, 0.15) is 31.7 Å². The number of halogens is 1. The standard InChI is InChI=1S/C14H20ClN3/c1-9(2)8-17-14(16)18-13-7-12(13)10-4-3-5-11(15)6-10/h3-6,9,12-13H,7-8H2,1-2H3,(H3,16,17,18). The molecule has 2 unspecified atom stereocenters. The summed E-state index contributed by atoms with van der Waals surface area (Å²) in [6, 6.07) is 8.42. The maximum Gasteiger partial charge on any atom is 0.188 e. The summed E-state index contributed by atoms with van der Waals surface area (Å²) in [7, 11) is 0. The number of guanidine groups is 1. The molecule has 0 heterocycles. The first-order valence-electron chi connectivity index (χ1n) is 6.38. The second-order valence-electron chi connectivity index (χ2n) is 5.27. The number of aliphatic imine (C=N–C) groups is 1. The summed E-state index contributed by atoms with van der Waals surface area (Å²) in [6.45, 7) is 5.03. The lowest BCUT2D eigenvalue weighted by molar-refractivity contribution is 0.660. The molecule has 1 aromatic carbocycles. The number of benzene rings is 1. The SMILES string of the molecule is CC(C)CN=C(N)NC1CC1c1cccc(Cl)c1. The highest BCUT2D eigenvalue weighted by atomic mass is 35.5. The predicted molar refractivity (Wildman–Crippen MR) is 77.1 cm³/mol. The van der Waals surface area contributed by atoms with Crippen LogP contribution in [-0.2, 0) is 0 Å². The molecule has 1 saturated carbocycles. The summed E-state index contributed by atoms with van der Waals surface area (Å²) in [5.41, 5.74) is 7.12. The highest BCUT2D eigenvalue weighted by molar-refractivity contribution is 6.30. The first-order valence-corrected chi connectivity index (χ1v) is 6.76. The van der Waals surface area contributed by atoms with Crippen LogP contribution in [0.15, 0.2) is 29.3 Å². The van der Waals surface area contributed by atoms with Gasteiger partial charge in [0.25, 0.3) is 0 Å². The largest absolute Gasteiger partial charge is 0.370 e. The monoisotopic (exact) mass is 265 g/mol. The van der Waals surface area contributed by atoms with Gasteiger partial charge >= 0.3 is 0 Å². The second-order valence-corrected chi connectivity index (χ2v) is 5.70. The van der Waals surface area contributed by atoms with Crippen LogP contribution in [0.25, 0.3) is 0 Å². The Labute approximate surface area is 113 Å². The molecule has 1 fully saturated rings. The lowest BCUT2D eigenvalue weighted by Gasteiger charge is -2.06. The predicted octanol–water partition coefficient (Wildman–Crippen LogP) is 2.76. The Morgan fingerprint density at radius 2 is 2.33 bits per heavy atom. The molecule has 1 aromatic rings. The number of nitrogens with two attached hydrogens (primary N) is 1. The van der Waals surface area contributed by atoms with E-state index in [1.807, 2.05) is 18.2 Å². The van der Waals surface area contributed by atoms with Gasteiger partial charge in [-0.15, -0.1) is 0 Å². The molecule has 0 spiro atoms. The van der Waals surface area contributed by atoms with Crippen LogP contribution in [0.5, 0.6) is 0 Å². The van der Waals surface area contributed by atoms with Gasteiger partial charge < -0.3 is 11.1 Å². The minimum atomic E-state index is 0.402. The summed E-state index contributed by atoms with van der Waals surface area (Å²) >= 11 is 5.99. The van der Waals surface area contributed by atoms with Crippen LogP contribution >= 0.6 is 11.6 Å². The molecule has 0 amide bonds. The van der Waals surface area contributed by atoms with Crippen molar-refractivity contribution < 1.29 is 0 Å². The van der Waals surface area contributed by atoms with E-state index >= 15 is 0 Å². The van der Waals surface area contributed by atoms with E-state index in [9.17, 15) is 0 Å². The second kappa shape index (κ2) is 5.61. The van der Waals surface area contributed by atoms with Crippen molar-refractivity contribution in [2.45, 2.75) is 32.2 Å². The van der Waals surface area contributed by atoms with E-state index in [2.05, 4.69) is 30.2 Å². The molecular formula is C14H20ClN3. The number of hydrogen-bond donors (Lipinski definition) is 2. The Kier molecular flexibility index (Phi) is 4.12. The highest BCUT2D eigenvalue weighted by Gasteiger charge is 2.38. The fraction of sp³-hybridized carbons (Fsp3) is 0.500. The molecule has 1 aliphatic carbocycles. The average Bonchev–Trinajstić information content (AvgIpc) is 3.06. The van der Waals surface area contributed by atoms with Crippen molar-refractivity contribution in [2.24, 2.45) is 16.6 Å². The van der Waals surface area contributed by atoms with Gasteiger partial charge in [-0.05, 0) is 30.0 Å². The molecule has 0 radical (unpaired) electrons. The number of rotatable bonds is 4. The molecule has 0 aromatic heterocycles. The number of hydrogen-bond acceptors (Lipinski definition) is 1. The molecule has 3 nitrogen and oxygen atoms in total. The van der Waals surface area contributed by atoms with Gasteiger partial charge in [0.15, 0.2) is 5.96 Å². The van der Waals surface area contributed by atoms with Gasteiger partial charge in [0.2, 0.25) is 0 Å². The zero-order chi connectivity index (χ0) is 13.1. The van der Waals surface area contributed by atoms with Crippen molar-refractivity contribution in [3.8, 4) is 0 Å². The smallest absolute Gasteiger partial charge is 0.188 e. The lowest BCUT2D eigenvalue weighted by Crippen LogP contribution is -2.34. The summed E-state index contributed by atoms with van der Waals surface area (Å²) in [5, 5.41) is 4.05. The zero-order valence-electron chi connectivity index (χ0n) is 10.9. The van der Waals surface area contributed by atoms with E-state index in [1.54, 1.807) is 0 Å². The van der Waals surface area contributed by atoms with Crippen molar-refractivity contribution in [1.29, 1.82) is 0 Å². The van der Waals surface area contributed by atoms with E-state index in [-0.39, 0.29) is 0 Å². The lowest BCUT2D eigenvalue weighted by atomic mass is 10.1. The Hall–Kier alpha value is -1.22. The molecule has 2 rings (SSSR count). The van der Waals surface area contributed by atoms with Crippen molar-refractivity contribution in [3.05, 3.63) is 34.9 Å². The van der Waals surface area contributed by atoms with E-state index in [0.29, 0.717) is 23.8 Å². The van der Waals surface area contributed by atoms with Crippen molar-refractivity contribution in [3.63, 3.8) is 0 Å². The average molecular weight is 266 g/mol. The summed E-state index contributed by atoms with van der Waals surface area (Å²) in [4.78, 5) is 4.31. The number of nitrogens with zero attached hydrogens (tertiary/aromatic N) is 1. The topological polar surface area (TPSA) is 50.4 Å². The maximum absolute atomic E-state index is 5.99. The van der Waals surface area contributed by atoms with Crippen LogP contribution in [-0.4, -0.2) is 18.5 Å². The third kappa shape index (κ3) is 3.64. The minimum absolute atomic E-state index is 0.402. The Morgan fingerprint density at radius 3 is 3.00 bits per heavy atom. The maximum atomic E-state index is 5.99. The Balaban J connectivity index is 1.86. The summed E-state index contributed by atoms with van der Waals surface area (Å²) < 4.78 is 0. The quantitative estimate of drug-likeness (QED) is 0.650. The summed E-state index contributed by atoms with van der Waals surface area (Å²) in [5.74, 6) is 1.60. The third-order valence-electron chi connectivity index (χ3n) is 3.03. The van der Waals surface area contributed by atoms with Gasteiger partial charge in [-0.1, -0.05) is 37.6 Å². The fourth-order valence-corrected chi connectivity index (χ4v) is 2.18. The fourth-order valence-electron chi connectivity index (χ4n) is 1.98. The van der Waals surface area contributed by atoms with Crippen LogP contribution < -0.4 is 11.1 Å². The van der Waals surface area contributed by atoms with E-state index in [0.717, 1.165) is 18.0 Å². The van der Waals surface area contributed by atoms with Gasteiger partial charge in [0.1, 0.15) is 0 Å². The minimum Gasteiger partial charge on any atom is -0.370 e. The van der Waals surface area contributed by atoms with Crippen LogP contribution in [0, 0.1) is 5.92 Å². The summed E-state index contributed by atoms with van der Waals surface area (Å²) in [6.07, 6.45) is 1.10. The zero-order valence-corrected chi connectivity index (χ0v) is 11.6. The van der Waals surface area contributed by atoms with Gasteiger partial charge in [0.05, 0.1) is 0 Å². The van der Waals surface area contributed by atoms with Crippen molar-refractivity contribution in [2.75, 3.05) is 6.54 Å². The molecular weight excluding hydrogens is 246 g/mol. The van der Waals surface area contributed by atoms with Gasteiger partial charge in [0, 0.05) is 23.5 Å². The molecule has 98 valence electrons. The third-order valence-corrected chi connectivity index (χ3v) is 3.26. The molecule has 4 heteroatoms. The van der Waals surface area contributed by atoms with Gasteiger partial charge in [-0.2, -0.15) is 0 Å². The van der Waals surface area contributed by atoms with Gasteiger partial charge in [-0.25, -0.2) is 0 Å². The molecule has 0 bridgehead atoms. The van der Waals surface area contributed by atoms with E-state index in [1.165, 1.54) is 5.56 Å². The molecule has 0 saturated heterocycles. The molecule has 2 atom stereocenters. The number of nitrogens with one attached hydrogen (secondary N) is 1. The van der Waals surface area contributed by atoms with E-state index in [4.69, 9.17) is 17.3 Å². The Morgan fingerprint density at radius 1 is 1.56 bits per heavy atom. The van der Waals surface area contributed by atoms with E-state index < -0.39 is 0 Å². The normalized spacial score (nSPS) is 23.2. The molecule has 1 aliphatic rings. The van der Waals surface area contributed by atoms with Crippen LogP contribution in [0.2, 0.25) is 5.02 Å². The first kappa shape index (κ1) is 13.2. The van der Waals surface area contributed by atoms with Crippen molar-refractivity contribution >= 4 is 17.6 Å². The molecule has 0 aliphatic heterocycles. The molecule has 18 heavy (non-hydrogen) atoms. The van der Waals surface area contributed by atoms with Crippen molar-refractivity contribution in [1.82, 2.24) is 5.32 Å². The first-order chi connectivity index (χ1) is 8.56. The van der Waals surface area contributed by atoms with Gasteiger partial charge in [-0.3, -0.25) is 4.99 Å².